The van der Waals surface area contributed by atoms with Crippen molar-refractivity contribution in [1.29, 1.82) is 0 Å². The smallest absolute Gasteiger partial charge is 0.160 e. The van der Waals surface area contributed by atoms with Gasteiger partial charge in [0.2, 0.25) is 0 Å². The highest BCUT2D eigenvalue weighted by atomic mass is 16.5. The summed E-state index contributed by atoms with van der Waals surface area (Å²) in [6.45, 7) is 0. The SMILES string of the molecule is c1ccc(-c2ccc(-c3nc(-c4cccc(-c5cccc6c5Oc5ccccc5C65c6ccccc6-c6ccccc65)c4)cc(-c4ccccc4-c4ccc5c(c4)C4(c6ccccc6Oc6c(-c7cccc(-c8cc(-c9ccc%10ccccc%10c9)nc(-c9ccccc9)n8)c7)cccc64)c4ccccc4-5)n3)cc2)cc1. The standard InChI is InChI=1S/C104H64N4O2/c1-3-25-65(26-4-1)67-51-54-69(55-52-67)102-107-95(75-34-22-32-72(61-75)78-40-23-47-90-99(78)109-97-49-19-17-45-88(97)103(90)85-42-14-11-36-80(85)81-37-12-15-43-86(81)103)64-96(108-102)84-39-10-9-35-77(84)73-57-58-83-82-38-13-16-44-87(82)104(92(83)62-73)89-46-18-20-50-98(89)110-100-79(41-24-48-91(100)104)71-31-21-33-74(60-71)93-63-94(106-101(105-93)68-28-5-2-6-29-68)76-56-53-66-27-7-8-30-70(66)59-76/h1-64H. The maximum absolute atomic E-state index is 7.40. The fraction of sp³-hybridized carbons (Fsp3) is 0.0192. The summed E-state index contributed by atoms with van der Waals surface area (Å²) >= 11 is 0. The Morgan fingerprint density at radius 2 is 0.509 bits per heavy atom. The molecular formula is C104H64N4O2. The fourth-order valence-corrected chi connectivity index (χ4v) is 18.2. The topological polar surface area (TPSA) is 70.0 Å². The molecule has 0 N–H and O–H groups in total. The zero-order valence-corrected chi connectivity index (χ0v) is 59.6. The summed E-state index contributed by atoms with van der Waals surface area (Å²) in [4.78, 5) is 21.7. The maximum atomic E-state index is 7.40. The van der Waals surface area contributed by atoms with Crippen LogP contribution in [0.15, 0.2) is 388 Å². The lowest BCUT2D eigenvalue weighted by Crippen LogP contribution is -2.32. The van der Waals surface area contributed by atoms with Crippen molar-refractivity contribution in [2.24, 2.45) is 0 Å². The number of nitrogens with zero attached hydrogens (tertiary/aromatic N) is 4. The lowest BCUT2D eigenvalue weighted by atomic mass is 9.65. The van der Waals surface area contributed by atoms with E-state index in [0.29, 0.717) is 11.6 Å². The number of rotatable bonds is 10. The Bertz CT molecular complexity index is 6760. The Labute approximate surface area is 637 Å². The average molecular weight is 1400 g/mol. The molecule has 6 heteroatoms. The summed E-state index contributed by atoms with van der Waals surface area (Å²) < 4.78 is 14.6. The molecule has 0 amide bonds. The van der Waals surface area contributed by atoms with Gasteiger partial charge in [0, 0.05) is 66.8 Å². The van der Waals surface area contributed by atoms with Crippen LogP contribution in [0.1, 0.15) is 44.5 Å². The molecule has 16 aromatic carbocycles. The van der Waals surface area contributed by atoms with Crippen LogP contribution in [0.25, 0.3) is 145 Å². The van der Waals surface area contributed by atoms with E-state index < -0.39 is 10.8 Å². The van der Waals surface area contributed by atoms with E-state index >= 15 is 0 Å². The van der Waals surface area contributed by atoms with E-state index in [0.717, 1.165) is 151 Å². The van der Waals surface area contributed by atoms with Gasteiger partial charge in [-0.3, -0.25) is 0 Å². The number of benzene rings is 16. The Morgan fingerprint density at radius 1 is 0.173 bits per heavy atom. The van der Waals surface area contributed by atoms with Crippen molar-refractivity contribution in [1.82, 2.24) is 19.9 Å². The number of fused-ring (bicyclic) bond motifs is 19. The van der Waals surface area contributed by atoms with Crippen molar-refractivity contribution in [2.45, 2.75) is 10.8 Å². The first-order valence-corrected chi connectivity index (χ1v) is 37.6. The predicted octanol–water partition coefficient (Wildman–Crippen LogP) is 26.0. The van der Waals surface area contributed by atoms with Gasteiger partial charge in [-0.25, -0.2) is 19.9 Å². The minimum atomic E-state index is -0.800. The van der Waals surface area contributed by atoms with Crippen LogP contribution in [-0.4, -0.2) is 19.9 Å². The van der Waals surface area contributed by atoms with Gasteiger partial charge < -0.3 is 9.47 Å². The summed E-state index contributed by atoms with van der Waals surface area (Å²) in [6.07, 6.45) is 0. The molecule has 1 atom stereocenters. The molecule has 2 spiro atoms. The van der Waals surface area contributed by atoms with E-state index in [2.05, 4.69) is 370 Å². The second-order valence-electron chi connectivity index (χ2n) is 29.0. The third-order valence-corrected chi connectivity index (χ3v) is 23.1. The lowest BCUT2D eigenvalue weighted by Gasteiger charge is -2.40. The quantitative estimate of drug-likeness (QED) is 0.136. The van der Waals surface area contributed by atoms with Crippen molar-refractivity contribution in [2.75, 3.05) is 0 Å². The van der Waals surface area contributed by atoms with Crippen LogP contribution in [0.2, 0.25) is 0 Å². The van der Waals surface area contributed by atoms with Crippen molar-refractivity contribution >= 4 is 10.8 Å². The number of para-hydroxylation sites is 4. The number of ether oxygens (including phenoxy) is 2. The van der Waals surface area contributed by atoms with E-state index in [-0.39, 0.29) is 0 Å². The number of hydrogen-bond acceptors (Lipinski definition) is 6. The Balaban J connectivity index is 0.685. The van der Waals surface area contributed by atoms with Crippen LogP contribution in [0, 0.1) is 0 Å². The van der Waals surface area contributed by atoms with Crippen LogP contribution in [0.5, 0.6) is 23.0 Å². The summed E-state index contributed by atoms with van der Waals surface area (Å²) in [6, 6.07) is 139. The predicted molar refractivity (Wildman–Crippen MR) is 444 cm³/mol. The van der Waals surface area contributed by atoms with Gasteiger partial charge in [0.15, 0.2) is 11.6 Å². The van der Waals surface area contributed by atoms with Crippen LogP contribution in [0.4, 0.5) is 0 Å². The molecule has 0 fully saturated rings. The van der Waals surface area contributed by atoms with Gasteiger partial charge in [-0.2, -0.15) is 0 Å². The van der Waals surface area contributed by atoms with E-state index in [1.165, 1.54) is 49.9 Å². The van der Waals surface area contributed by atoms with Gasteiger partial charge in [-0.15, -0.1) is 0 Å². The van der Waals surface area contributed by atoms with Crippen LogP contribution in [0.3, 0.4) is 0 Å². The highest BCUT2D eigenvalue weighted by molar-refractivity contribution is 5.96. The van der Waals surface area contributed by atoms with E-state index in [1.807, 2.05) is 18.2 Å². The van der Waals surface area contributed by atoms with Crippen molar-refractivity contribution < 1.29 is 9.47 Å². The van der Waals surface area contributed by atoms with Crippen molar-refractivity contribution in [3.8, 4) is 158 Å². The molecule has 2 aliphatic heterocycles. The van der Waals surface area contributed by atoms with Crippen molar-refractivity contribution in [3.63, 3.8) is 0 Å². The largest absolute Gasteiger partial charge is 0.456 e. The van der Waals surface area contributed by atoms with Crippen LogP contribution in [-0.2, 0) is 10.8 Å². The first-order valence-electron chi connectivity index (χ1n) is 37.6. The molecule has 2 aliphatic carbocycles. The van der Waals surface area contributed by atoms with Gasteiger partial charge in [-0.05, 0) is 137 Å². The van der Waals surface area contributed by atoms with Gasteiger partial charge in [0.05, 0.1) is 33.6 Å². The first kappa shape index (κ1) is 62.9. The molecule has 4 aliphatic rings. The maximum Gasteiger partial charge on any atom is 0.160 e. The Morgan fingerprint density at radius 3 is 1.07 bits per heavy atom. The molecule has 110 heavy (non-hydrogen) atoms. The normalized spacial score (nSPS) is 14.1. The van der Waals surface area contributed by atoms with E-state index in [9.17, 15) is 0 Å². The minimum absolute atomic E-state index is 0.605. The molecule has 6 nitrogen and oxygen atoms in total. The average Bonchev–Trinajstić information content (AvgIpc) is 1.47. The first-order chi connectivity index (χ1) is 54.5. The molecule has 1 unspecified atom stereocenters. The molecule has 2 aromatic heterocycles. The highest BCUT2D eigenvalue weighted by Gasteiger charge is 2.53. The van der Waals surface area contributed by atoms with Gasteiger partial charge in [0.1, 0.15) is 23.0 Å². The number of aromatic nitrogens is 4. The lowest BCUT2D eigenvalue weighted by molar-refractivity contribution is 0.438. The zero-order chi connectivity index (χ0) is 72.4. The molecule has 0 bridgehead atoms. The van der Waals surface area contributed by atoms with Crippen LogP contribution >= 0.6 is 0 Å². The van der Waals surface area contributed by atoms with Gasteiger partial charge >= 0.3 is 0 Å². The molecule has 512 valence electrons. The van der Waals surface area contributed by atoms with E-state index in [4.69, 9.17) is 29.4 Å². The molecule has 22 rings (SSSR count). The Hall–Kier alpha value is -14.5. The zero-order valence-electron chi connectivity index (χ0n) is 59.6. The Kier molecular flexibility index (Phi) is 14.3. The van der Waals surface area contributed by atoms with E-state index in [1.54, 1.807) is 0 Å². The number of hydrogen-bond donors (Lipinski definition) is 0. The minimum Gasteiger partial charge on any atom is -0.456 e. The third kappa shape index (κ3) is 9.76. The molecule has 0 radical (unpaired) electrons. The van der Waals surface area contributed by atoms with Gasteiger partial charge in [0.25, 0.3) is 0 Å². The molecule has 4 heterocycles. The summed E-state index contributed by atoms with van der Waals surface area (Å²) in [7, 11) is 0. The summed E-state index contributed by atoms with van der Waals surface area (Å²) in [5.74, 6) is 4.59. The summed E-state index contributed by atoms with van der Waals surface area (Å²) in [5.41, 5.74) is 30.1. The molecular weight excluding hydrogens is 1340 g/mol. The monoisotopic (exact) mass is 1400 g/mol. The third-order valence-electron chi connectivity index (χ3n) is 23.1. The molecule has 0 saturated carbocycles. The van der Waals surface area contributed by atoms with Crippen molar-refractivity contribution in [3.05, 3.63) is 433 Å². The van der Waals surface area contributed by atoms with Gasteiger partial charge in [-0.1, -0.05) is 340 Å². The molecule has 0 saturated heterocycles. The van der Waals surface area contributed by atoms with Crippen LogP contribution < -0.4 is 9.47 Å². The molecule has 18 aromatic rings. The summed E-state index contributed by atoms with van der Waals surface area (Å²) in [5, 5.41) is 2.34. The second-order valence-corrected chi connectivity index (χ2v) is 29.0. The fourth-order valence-electron chi connectivity index (χ4n) is 18.2. The highest BCUT2D eigenvalue weighted by Crippen LogP contribution is 2.66. The second kappa shape index (κ2) is 25.1.